The Balaban J connectivity index is 2.61. The van der Waals surface area contributed by atoms with E-state index in [2.05, 4.69) is 4.98 Å². The Hall–Kier alpha value is -2.31. The van der Waals surface area contributed by atoms with Crippen LogP contribution in [0, 0.1) is 6.92 Å². The van der Waals surface area contributed by atoms with Crippen molar-refractivity contribution in [3.63, 3.8) is 0 Å². The predicted molar refractivity (Wildman–Crippen MR) is 87.8 cm³/mol. The molecule has 25 heavy (non-hydrogen) atoms. The molecular formula is C18H20F3NO3. The third-order valence-electron chi connectivity index (χ3n) is 3.65. The van der Waals surface area contributed by atoms with Crippen LogP contribution in [0.15, 0.2) is 18.2 Å². The lowest BCUT2D eigenvalue weighted by molar-refractivity contribution is -0.136. The summed E-state index contributed by atoms with van der Waals surface area (Å²) in [6, 6.07) is 3.88. The van der Waals surface area contributed by atoms with Gasteiger partial charge in [0.1, 0.15) is 11.4 Å². The number of esters is 1. The number of alkyl halides is 3. The minimum atomic E-state index is -4.62. The summed E-state index contributed by atoms with van der Waals surface area (Å²) in [5.41, 5.74) is -0.847. The van der Waals surface area contributed by atoms with Gasteiger partial charge in [-0.25, -0.2) is 9.78 Å². The van der Waals surface area contributed by atoms with Crippen LogP contribution in [-0.2, 0) is 10.9 Å². The van der Waals surface area contributed by atoms with Gasteiger partial charge in [-0.2, -0.15) is 13.2 Å². The van der Waals surface area contributed by atoms with Gasteiger partial charge in [0.15, 0.2) is 0 Å². The molecule has 1 heterocycles. The molecule has 0 saturated carbocycles. The zero-order chi connectivity index (χ0) is 18.6. The third kappa shape index (κ3) is 4.41. The van der Waals surface area contributed by atoms with E-state index in [4.69, 9.17) is 9.47 Å². The molecule has 0 atom stereocenters. The van der Waals surface area contributed by atoms with E-state index in [1.54, 1.807) is 13.8 Å². The molecule has 2 rings (SSSR count). The van der Waals surface area contributed by atoms with Gasteiger partial charge in [0.2, 0.25) is 0 Å². The van der Waals surface area contributed by atoms with Crippen molar-refractivity contribution in [1.29, 1.82) is 0 Å². The number of hydrogen-bond acceptors (Lipinski definition) is 4. The van der Waals surface area contributed by atoms with Gasteiger partial charge >= 0.3 is 12.1 Å². The van der Waals surface area contributed by atoms with Crippen LogP contribution in [0.25, 0.3) is 10.9 Å². The molecule has 0 fully saturated rings. The van der Waals surface area contributed by atoms with E-state index in [0.29, 0.717) is 17.6 Å². The number of benzene rings is 1. The highest BCUT2D eigenvalue weighted by atomic mass is 19.4. The predicted octanol–water partition coefficient (Wildman–Crippen LogP) is 4.92. The molecule has 1 aromatic carbocycles. The Bertz CT molecular complexity index is 772. The van der Waals surface area contributed by atoms with Gasteiger partial charge in [-0.05, 0) is 44.0 Å². The fourth-order valence-electron chi connectivity index (χ4n) is 2.41. The minimum absolute atomic E-state index is 0.119. The molecule has 0 spiro atoms. The van der Waals surface area contributed by atoms with Crippen LogP contribution in [0.1, 0.15) is 48.3 Å². The molecule has 4 nitrogen and oxygen atoms in total. The molecule has 0 N–H and O–H groups in total. The van der Waals surface area contributed by atoms with Gasteiger partial charge in [-0.15, -0.1) is 0 Å². The molecule has 0 saturated heterocycles. The monoisotopic (exact) mass is 355 g/mol. The highest BCUT2D eigenvalue weighted by Gasteiger charge is 2.35. The Kier molecular flexibility index (Phi) is 5.87. The van der Waals surface area contributed by atoms with Crippen molar-refractivity contribution in [2.75, 3.05) is 13.2 Å². The van der Waals surface area contributed by atoms with Gasteiger partial charge in [0, 0.05) is 5.39 Å². The molecule has 7 heteroatoms. The van der Waals surface area contributed by atoms with Gasteiger partial charge in [0.25, 0.3) is 0 Å². The second kappa shape index (κ2) is 7.72. The summed E-state index contributed by atoms with van der Waals surface area (Å²) in [7, 11) is 0. The Morgan fingerprint density at radius 2 is 1.92 bits per heavy atom. The number of aromatic nitrogens is 1. The van der Waals surface area contributed by atoms with E-state index in [0.717, 1.165) is 18.9 Å². The van der Waals surface area contributed by atoms with E-state index in [9.17, 15) is 18.0 Å². The average Bonchev–Trinajstić information content (AvgIpc) is 2.54. The van der Waals surface area contributed by atoms with Crippen molar-refractivity contribution in [3.8, 4) is 5.75 Å². The first-order valence-corrected chi connectivity index (χ1v) is 8.10. The van der Waals surface area contributed by atoms with Gasteiger partial charge in [-0.1, -0.05) is 13.3 Å². The molecule has 0 aliphatic heterocycles. The standard InChI is InChI=1S/C18H20F3NO3/c1-4-6-7-25-12-9-13-11(3)8-15(17(23)24-5-2)22-16(13)14(10-12)18(19,20)21/h8-10H,4-7H2,1-3H3. The van der Waals surface area contributed by atoms with E-state index in [-0.39, 0.29) is 23.6 Å². The van der Waals surface area contributed by atoms with Gasteiger partial charge in [0.05, 0.1) is 24.3 Å². The highest BCUT2D eigenvalue weighted by Crippen LogP contribution is 2.38. The third-order valence-corrected chi connectivity index (χ3v) is 3.65. The first-order chi connectivity index (χ1) is 11.8. The second-order valence-electron chi connectivity index (χ2n) is 5.61. The number of carbonyl (C=O) groups is 1. The smallest absolute Gasteiger partial charge is 0.418 e. The van der Waals surface area contributed by atoms with Crippen molar-refractivity contribution in [1.82, 2.24) is 4.98 Å². The van der Waals surface area contributed by atoms with Crippen LogP contribution in [0.4, 0.5) is 13.2 Å². The maximum atomic E-state index is 13.5. The number of aryl methyl sites for hydroxylation is 1. The van der Waals surface area contributed by atoms with Crippen LogP contribution >= 0.6 is 0 Å². The van der Waals surface area contributed by atoms with Crippen molar-refractivity contribution in [3.05, 3.63) is 35.0 Å². The highest BCUT2D eigenvalue weighted by molar-refractivity contribution is 5.94. The van der Waals surface area contributed by atoms with Gasteiger partial charge < -0.3 is 9.47 Å². The molecule has 0 bridgehead atoms. The Labute approximate surface area is 144 Å². The minimum Gasteiger partial charge on any atom is -0.494 e. The summed E-state index contributed by atoms with van der Waals surface area (Å²) >= 11 is 0. The van der Waals surface area contributed by atoms with Crippen LogP contribution in [-0.4, -0.2) is 24.2 Å². The summed E-state index contributed by atoms with van der Waals surface area (Å²) < 4.78 is 50.7. The van der Waals surface area contributed by atoms with E-state index in [1.165, 1.54) is 12.1 Å². The molecule has 0 radical (unpaired) electrons. The quantitative estimate of drug-likeness (QED) is 0.545. The lowest BCUT2D eigenvalue weighted by atomic mass is 10.0. The van der Waals surface area contributed by atoms with E-state index >= 15 is 0 Å². The van der Waals surface area contributed by atoms with Crippen LogP contribution in [0.5, 0.6) is 5.75 Å². The summed E-state index contributed by atoms with van der Waals surface area (Å²) in [5, 5.41) is 0.300. The molecule has 0 aliphatic carbocycles. The maximum absolute atomic E-state index is 13.5. The van der Waals surface area contributed by atoms with Gasteiger partial charge in [-0.3, -0.25) is 0 Å². The second-order valence-corrected chi connectivity index (χ2v) is 5.61. The first-order valence-electron chi connectivity index (χ1n) is 8.10. The normalized spacial score (nSPS) is 11.6. The molecule has 2 aromatic rings. The maximum Gasteiger partial charge on any atom is 0.418 e. The lowest BCUT2D eigenvalue weighted by Gasteiger charge is -2.15. The van der Waals surface area contributed by atoms with E-state index < -0.39 is 17.7 Å². The number of nitrogens with zero attached hydrogens (tertiary/aromatic N) is 1. The number of carbonyl (C=O) groups excluding carboxylic acids is 1. The number of ether oxygens (including phenoxy) is 2. The number of hydrogen-bond donors (Lipinski definition) is 0. The first kappa shape index (κ1) is 19.0. The fraction of sp³-hybridized carbons (Fsp3) is 0.444. The summed E-state index contributed by atoms with van der Waals surface area (Å²) in [6.45, 7) is 5.67. The summed E-state index contributed by atoms with van der Waals surface area (Å²) in [5.74, 6) is -0.606. The largest absolute Gasteiger partial charge is 0.494 e. The van der Waals surface area contributed by atoms with E-state index in [1.807, 2.05) is 6.92 Å². The molecule has 0 aliphatic rings. The lowest BCUT2D eigenvalue weighted by Crippen LogP contribution is -2.12. The molecule has 136 valence electrons. The zero-order valence-electron chi connectivity index (χ0n) is 14.4. The zero-order valence-corrected chi connectivity index (χ0v) is 14.4. The van der Waals surface area contributed by atoms with Crippen molar-refractivity contribution >= 4 is 16.9 Å². The molecule has 0 amide bonds. The molecular weight excluding hydrogens is 335 g/mol. The van der Waals surface area contributed by atoms with Crippen molar-refractivity contribution in [2.24, 2.45) is 0 Å². The molecule has 1 aromatic heterocycles. The Morgan fingerprint density at radius 3 is 2.52 bits per heavy atom. The van der Waals surface area contributed by atoms with Crippen LogP contribution in [0.2, 0.25) is 0 Å². The van der Waals surface area contributed by atoms with Crippen molar-refractivity contribution in [2.45, 2.75) is 39.8 Å². The summed E-state index contributed by atoms with van der Waals surface area (Å²) in [4.78, 5) is 15.8. The fourth-order valence-corrected chi connectivity index (χ4v) is 2.41. The number of pyridine rings is 1. The van der Waals surface area contributed by atoms with Crippen molar-refractivity contribution < 1.29 is 27.4 Å². The number of fused-ring (bicyclic) bond motifs is 1. The average molecular weight is 355 g/mol. The SMILES string of the molecule is CCCCOc1cc(C(F)(F)F)c2nc(C(=O)OCC)cc(C)c2c1. The topological polar surface area (TPSA) is 48.4 Å². The van der Waals surface area contributed by atoms with Crippen LogP contribution in [0.3, 0.4) is 0 Å². The number of halogens is 3. The number of rotatable bonds is 6. The summed E-state index contributed by atoms with van der Waals surface area (Å²) in [6.07, 6.45) is -2.99. The Morgan fingerprint density at radius 1 is 1.20 bits per heavy atom. The number of unbranched alkanes of at least 4 members (excludes halogenated alkanes) is 1. The van der Waals surface area contributed by atoms with Crippen LogP contribution < -0.4 is 4.74 Å². The molecule has 0 unspecified atom stereocenters.